The minimum atomic E-state index is -4.45. The van der Waals surface area contributed by atoms with Crippen molar-refractivity contribution < 1.29 is 18.0 Å². The van der Waals surface area contributed by atoms with Gasteiger partial charge in [0.1, 0.15) is 6.54 Å². The second-order valence-corrected chi connectivity index (χ2v) is 7.35. The number of carbonyl (C=O) groups is 1. The molecule has 1 unspecified atom stereocenters. The molecule has 1 aromatic carbocycles. The highest BCUT2D eigenvalue weighted by Gasteiger charge is 2.28. The molecule has 6 nitrogen and oxygen atoms in total. The van der Waals surface area contributed by atoms with E-state index in [9.17, 15) is 18.0 Å². The fourth-order valence-corrected chi connectivity index (χ4v) is 3.00. The summed E-state index contributed by atoms with van der Waals surface area (Å²) >= 11 is 6.95. The van der Waals surface area contributed by atoms with Gasteiger partial charge in [-0.1, -0.05) is 23.4 Å². The Morgan fingerprint density at radius 2 is 1.93 bits per heavy atom. The van der Waals surface area contributed by atoms with Crippen LogP contribution in [0, 0.1) is 0 Å². The van der Waals surface area contributed by atoms with Crippen LogP contribution in [0.25, 0.3) is 5.69 Å². The lowest BCUT2D eigenvalue weighted by Gasteiger charge is -2.20. The van der Waals surface area contributed by atoms with Gasteiger partial charge in [-0.05, 0) is 45.3 Å². The minimum absolute atomic E-state index is 0.0819. The van der Waals surface area contributed by atoms with E-state index >= 15 is 0 Å². The lowest BCUT2D eigenvalue weighted by atomic mass is 10.2. The van der Waals surface area contributed by atoms with Gasteiger partial charge in [0, 0.05) is 10.7 Å². The molecule has 2 aromatic rings. The zero-order valence-electron chi connectivity index (χ0n) is 14.9. The van der Waals surface area contributed by atoms with E-state index in [-0.39, 0.29) is 11.8 Å². The second-order valence-electron chi connectivity index (χ2n) is 5.97. The maximum absolute atomic E-state index is 12.2. The third-order valence-corrected chi connectivity index (χ3v) is 4.89. The maximum atomic E-state index is 12.2. The summed E-state index contributed by atoms with van der Waals surface area (Å²) in [4.78, 5) is 13.6. The SMILES string of the molecule is CC(c1nnc(SCC(=O)NCC(F)(F)F)n1-c1ccc(Cl)cc1)N(C)C. The van der Waals surface area contributed by atoms with E-state index in [0.29, 0.717) is 16.0 Å². The first-order valence-corrected chi connectivity index (χ1v) is 9.29. The van der Waals surface area contributed by atoms with E-state index in [0.717, 1.165) is 17.4 Å². The van der Waals surface area contributed by atoms with Crippen LogP contribution in [0.15, 0.2) is 29.4 Å². The normalized spacial score (nSPS) is 13.0. The van der Waals surface area contributed by atoms with E-state index in [4.69, 9.17) is 11.6 Å². The van der Waals surface area contributed by atoms with Crippen molar-refractivity contribution in [1.29, 1.82) is 0 Å². The van der Waals surface area contributed by atoms with Crippen molar-refractivity contribution in [2.24, 2.45) is 0 Å². The molecule has 27 heavy (non-hydrogen) atoms. The van der Waals surface area contributed by atoms with Crippen LogP contribution in [0.4, 0.5) is 13.2 Å². The first kappa shape index (κ1) is 21.5. The molecule has 0 aliphatic carbocycles. The van der Waals surface area contributed by atoms with Crippen LogP contribution in [0.3, 0.4) is 0 Å². The largest absolute Gasteiger partial charge is 0.405 e. The van der Waals surface area contributed by atoms with Crippen molar-refractivity contribution in [2.45, 2.75) is 24.3 Å². The number of carbonyl (C=O) groups excluding carboxylic acids is 1. The van der Waals surface area contributed by atoms with Gasteiger partial charge in [0.15, 0.2) is 11.0 Å². The van der Waals surface area contributed by atoms with Crippen LogP contribution in [-0.4, -0.2) is 58.1 Å². The number of alkyl halides is 3. The quantitative estimate of drug-likeness (QED) is 0.695. The van der Waals surface area contributed by atoms with Gasteiger partial charge in [-0.15, -0.1) is 10.2 Å². The predicted molar refractivity (Wildman–Crippen MR) is 98.3 cm³/mol. The van der Waals surface area contributed by atoms with Crippen LogP contribution < -0.4 is 5.32 Å². The van der Waals surface area contributed by atoms with E-state index < -0.39 is 18.6 Å². The first-order chi connectivity index (χ1) is 12.6. The molecule has 0 aliphatic heterocycles. The van der Waals surface area contributed by atoms with Crippen LogP contribution in [0.1, 0.15) is 18.8 Å². The lowest BCUT2D eigenvalue weighted by molar-refractivity contribution is -0.136. The van der Waals surface area contributed by atoms with Gasteiger partial charge in [-0.25, -0.2) is 0 Å². The summed E-state index contributed by atoms with van der Waals surface area (Å²) in [6.45, 7) is 0.583. The number of hydrogen-bond donors (Lipinski definition) is 1. The van der Waals surface area contributed by atoms with E-state index in [2.05, 4.69) is 10.2 Å². The minimum Gasteiger partial charge on any atom is -0.346 e. The van der Waals surface area contributed by atoms with Gasteiger partial charge in [0.2, 0.25) is 5.91 Å². The molecule has 0 spiro atoms. The zero-order valence-corrected chi connectivity index (χ0v) is 16.5. The van der Waals surface area contributed by atoms with Crippen molar-refractivity contribution in [2.75, 3.05) is 26.4 Å². The molecule has 0 saturated carbocycles. The first-order valence-electron chi connectivity index (χ1n) is 7.92. The Labute approximate surface area is 164 Å². The van der Waals surface area contributed by atoms with Gasteiger partial charge in [0.05, 0.1) is 11.8 Å². The van der Waals surface area contributed by atoms with Crippen LogP contribution in [0.5, 0.6) is 0 Å². The van der Waals surface area contributed by atoms with Crippen molar-refractivity contribution in [3.8, 4) is 5.69 Å². The van der Waals surface area contributed by atoms with Crippen LogP contribution in [0.2, 0.25) is 5.02 Å². The summed E-state index contributed by atoms with van der Waals surface area (Å²) in [5.41, 5.74) is 0.742. The van der Waals surface area contributed by atoms with E-state index in [1.54, 1.807) is 28.8 Å². The van der Waals surface area contributed by atoms with Gasteiger partial charge in [0.25, 0.3) is 0 Å². The molecule has 1 aromatic heterocycles. The van der Waals surface area contributed by atoms with Gasteiger partial charge < -0.3 is 5.32 Å². The highest BCUT2D eigenvalue weighted by molar-refractivity contribution is 7.99. The Kier molecular flexibility index (Phi) is 7.12. The predicted octanol–water partition coefficient (Wildman–Crippen LogP) is 3.31. The van der Waals surface area contributed by atoms with Gasteiger partial charge in [-0.3, -0.25) is 14.3 Å². The molecule has 0 radical (unpaired) electrons. The number of thioether (sulfide) groups is 1. The Hall–Kier alpha value is -1.78. The second kappa shape index (κ2) is 8.94. The zero-order chi connectivity index (χ0) is 20.2. The van der Waals surface area contributed by atoms with Crippen molar-refractivity contribution >= 4 is 29.3 Å². The fraction of sp³-hybridized carbons (Fsp3) is 0.438. The lowest BCUT2D eigenvalue weighted by Crippen LogP contribution is -2.34. The number of nitrogens with one attached hydrogen (secondary N) is 1. The number of halogens is 4. The molecule has 0 aliphatic rings. The van der Waals surface area contributed by atoms with E-state index in [1.165, 1.54) is 0 Å². The molecular weight excluding hydrogens is 403 g/mol. The number of aromatic nitrogens is 3. The molecule has 0 fully saturated rings. The maximum Gasteiger partial charge on any atom is 0.405 e. The van der Waals surface area contributed by atoms with Crippen LogP contribution >= 0.6 is 23.4 Å². The molecule has 0 saturated heterocycles. The molecule has 0 bridgehead atoms. The summed E-state index contributed by atoms with van der Waals surface area (Å²) in [5.74, 6) is -0.302. The molecule has 2 rings (SSSR count). The van der Waals surface area contributed by atoms with Crippen LogP contribution in [-0.2, 0) is 4.79 Å². The highest BCUT2D eigenvalue weighted by Crippen LogP contribution is 2.27. The number of amides is 1. The van der Waals surface area contributed by atoms with Gasteiger partial charge >= 0.3 is 6.18 Å². The summed E-state index contributed by atoms with van der Waals surface area (Å²) in [6.07, 6.45) is -4.45. The Morgan fingerprint density at radius 3 is 2.48 bits per heavy atom. The average Bonchev–Trinajstić information content (AvgIpc) is 3.01. The van der Waals surface area contributed by atoms with Crippen molar-refractivity contribution in [3.63, 3.8) is 0 Å². The smallest absolute Gasteiger partial charge is 0.346 e. The number of benzene rings is 1. The summed E-state index contributed by atoms with van der Waals surface area (Å²) < 4.78 is 38.4. The molecular formula is C16H19ClF3N5OS. The Bertz CT molecular complexity index is 779. The molecule has 1 N–H and O–H groups in total. The Morgan fingerprint density at radius 1 is 1.30 bits per heavy atom. The third kappa shape index (κ3) is 6.12. The molecule has 1 atom stereocenters. The molecule has 1 amide bonds. The number of hydrogen-bond acceptors (Lipinski definition) is 5. The van der Waals surface area contributed by atoms with E-state index in [1.807, 2.05) is 31.2 Å². The summed E-state index contributed by atoms with van der Waals surface area (Å²) in [5, 5.41) is 11.1. The summed E-state index contributed by atoms with van der Waals surface area (Å²) in [7, 11) is 3.78. The number of rotatable bonds is 7. The third-order valence-electron chi connectivity index (χ3n) is 3.71. The molecule has 1 heterocycles. The Balaban J connectivity index is 2.23. The standard InChI is InChI=1S/C16H19ClF3N5OS/c1-10(24(2)3)14-22-23-15(25(14)12-6-4-11(17)5-7-12)27-8-13(26)21-9-16(18,19)20/h4-7,10H,8-9H2,1-3H3,(H,21,26). The number of nitrogens with zero attached hydrogens (tertiary/aromatic N) is 4. The average molecular weight is 422 g/mol. The van der Waals surface area contributed by atoms with Crippen molar-refractivity contribution in [1.82, 2.24) is 25.0 Å². The highest BCUT2D eigenvalue weighted by atomic mass is 35.5. The molecule has 148 valence electrons. The van der Waals surface area contributed by atoms with Crippen molar-refractivity contribution in [3.05, 3.63) is 35.1 Å². The van der Waals surface area contributed by atoms with Gasteiger partial charge in [-0.2, -0.15) is 13.2 Å². The monoisotopic (exact) mass is 421 g/mol. The topological polar surface area (TPSA) is 63.1 Å². The fourth-order valence-electron chi connectivity index (χ4n) is 2.09. The summed E-state index contributed by atoms with van der Waals surface area (Å²) in [6, 6.07) is 6.91. The molecule has 11 heteroatoms.